The Bertz CT molecular complexity index is 1100. The second-order valence-corrected chi connectivity index (χ2v) is 15.1. The number of esters is 1. The fourth-order valence-electron chi connectivity index (χ4n) is 6.11. The predicted molar refractivity (Wildman–Crippen MR) is 251 cm³/mol. The van der Waals surface area contributed by atoms with Crippen LogP contribution in [0.2, 0.25) is 0 Å². The molecule has 0 aliphatic heterocycles. The molecule has 0 aromatic carbocycles. The van der Waals surface area contributed by atoms with Crippen molar-refractivity contribution in [2.24, 2.45) is 0 Å². The van der Waals surface area contributed by atoms with Gasteiger partial charge in [-0.1, -0.05) is 200 Å². The van der Waals surface area contributed by atoms with Crippen LogP contribution in [0.3, 0.4) is 0 Å². The van der Waals surface area contributed by atoms with Crippen LogP contribution >= 0.6 is 0 Å². The third-order valence-corrected chi connectivity index (χ3v) is 9.58. The fourth-order valence-corrected chi connectivity index (χ4v) is 6.11. The topological polar surface area (TPSA) is 55.8 Å². The van der Waals surface area contributed by atoms with Crippen LogP contribution in [0.5, 0.6) is 0 Å². The highest BCUT2D eigenvalue weighted by Crippen LogP contribution is 2.12. The Hall–Kier alpha value is -2.95. The predicted octanol–water partition coefficient (Wildman–Crippen LogP) is 15.9. The molecule has 0 rings (SSSR count). The Morgan fingerprint density at radius 3 is 1.19 bits per heavy atom. The molecule has 0 aromatic heterocycles. The van der Waals surface area contributed by atoms with Crippen molar-refractivity contribution in [3.8, 4) is 0 Å². The maximum Gasteiger partial charge on any atom is 0.306 e. The van der Waals surface area contributed by atoms with Gasteiger partial charge in [-0.15, -0.1) is 0 Å². The van der Waals surface area contributed by atoms with Gasteiger partial charge in [-0.05, 0) is 96.3 Å². The molecule has 1 unspecified atom stereocenters. The lowest BCUT2D eigenvalue weighted by Crippen LogP contribution is -2.27. The normalized spacial score (nSPS) is 13.4. The van der Waals surface area contributed by atoms with Crippen LogP contribution in [-0.2, 0) is 14.3 Å². The second-order valence-electron chi connectivity index (χ2n) is 15.1. The Kier molecular flexibility index (Phi) is 46.7. The van der Waals surface area contributed by atoms with Crippen LogP contribution in [0.15, 0.2) is 109 Å². The van der Waals surface area contributed by atoms with Crippen molar-refractivity contribution in [2.75, 3.05) is 19.8 Å². The minimum atomic E-state index is -0.575. The van der Waals surface area contributed by atoms with E-state index >= 15 is 0 Å². The average Bonchev–Trinajstić information content (AvgIpc) is 3.22. The van der Waals surface area contributed by atoms with Crippen LogP contribution in [0.25, 0.3) is 0 Å². The molecule has 0 fully saturated rings. The largest absolute Gasteiger partial charge is 0.457 e. The third-order valence-electron chi connectivity index (χ3n) is 9.58. The van der Waals surface area contributed by atoms with E-state index in [1.807, 2.05) is 0 Å². The average molecular weight is 789 g/mol. The van der Waals surface area contributed by atoms with Gasteiger partial charge < -0.3 is 14.6 Å². The SMILES string of the molecule is CC/C=C\C/C=C\C/C=C\C/C=C\C/C=C\C/C=C\C/C=C\CCCC(=O)OC(CO)COCCCCCCCCCCCC/C=C\C/C=C\CCCCCCC. The second kappa shape index (κ2) is 49.2. The van der Waals surface area contributed by atoms with Crippen molar-refractivity contribution < 1.29 is 19.4 Å². The van der Waals surface area contributed by atoms with Gasteiger partial charge in [0.25, 0.3) is 0 Å². The number of aliphatic hydroxyl groups is 1. The highest BCUT2D eigenvalue weighted by atomic mass is 16.6. The fraction of sp³-hybridized carbons (Fsp3) is 0.642. The van der Waals surface area contributed by atoms with E-state index in [0.717, 1.165) is 77.0 Å². The molecule has 0 aliphatic carbocycles. The van der Waals surface area contributed by atoms with Crippen LogP contribution in [0.1, 0.15) is 194 Å². The van der Waals surface area contributed by atoms with Crippen molar-refractivity contribution in [2.45, 2.75) is 200 Å². The van der Waals surface area contributed by atoms with Gasteiger partial charge in [-0.3, -0.25) is 4.79 Å². The number of allylic oxidation sites excluding steroid dienone is 18. The minimum Gasteiger partial charge on any atom is -0.457 e. The molecule has 0 radical (unpaired) electrons. The molecule has 0 aromatic rings. The van der Waals surface area contributed by atoms with Gasteiger partial charge in [0, 0.05) is 13.0 Å². The molecule has 0 amide bonds. The smallest absolute Gasteiger partial charge is 0.306 e. The number of carbonyl (C=O) groups is 1. The number of hydrogen-bond acceptors (Lipinski definition) is 4. The van der Waals surface area contributed by atoms with E-state index in [1.54, 1.807) is 0 Å². The summed E-state index contributed by atoms with van der Waals surface area (Å²) >= 11 is 0. The molecule has 0 heterocycles. The van der Waals surface area contributed by atoms with Gasteiger partial charge in [-0.2, -0.15) is 0 Å². The first-order valence-electron chi connectivity index (χ1n) is 23.5. The van der Waals surface area contributed by atoms with Crippen molar-refractivity contribution >= 4 is 5.97 Å². The molecular formula is C53H88O4. The number of hydrogen-bond donors (Lipinski definition) is 1. The zero-order valence-corrected chi connectivity index (χ0v) is 37.1. The van der Waals surface area contributed by atoms with E-state index in [-0.39, 0.29) is 19.2 Å². The molecule has 1 atom stereocenters. The molecule has 0 saturated carbocycles. The lowest BCUT2D eigenvalue weighted by Gasteiger charge is -2.15. The van der Waals surface area contributed by atoms with Gasteiger partial charge in [0.05, 0.1) is 13.2 Å². The Morgan fingerprint density at radius 2 is 0.789 bits per heavy atom. The lowest BCUT2D eigenvalue weighted by molar-refractivity contribution is -0.154. The Balaban J connectivity index is 3.58. The van der Waals surface area contributed by atoms with Crippen LogP contribution in [0.4, 0.5) is 0 Å². The molecular weight excluding hydrogens is 701 g/mol. The molecule has 0 spiro atoms. The maximum absolute atomic E-state index is 12.2. The zero-order valence-electron chi connectivity index (χ0n) is 37.1. The molecule has 0 aliphatic rings. The molecule has 324 valence electrons. The molecule has 57 heavy (non-hydrogen) atoms. The third kappa shape index (κ3) is 47.3. The van der Waals surface area contributed by atoms with Crippen LogP contribution < -0.4 is 0 Å². The number of carbonyl (C=O) groups excluding carboxylic acids is 1. The first-order chi connectivity index (χ1) is 28.2. The van der Waals surface area contributed by atoms with Gasteiger partial charge in [0.15, 0.2) is 0 Å². The first-order valence-corrected chi connectivity index (χ1v) is 23.5. The highest BCUT2D eigenvalue weighted by Gasteiger charge is 2.13. The van der Waals surface area contributed by atoms with E-state index in [1.165, 1.54) is 96.3 Å². The molecule has 4 heteroatoms. The Labute approximate surface area is 353 Å². The van der Waals surface area contributed by atoms with E-state index in [4.69, 9.17) is 9.47 Å². The summed E-state index contributed by atoms with van der Waals surface area (Å²) in [4.78, 5) is 12.2. The lowest BCUT2D eigenvalue weighted by atomic mass is 10.1. The van der Waals surface area contributed by atoms with Crippen molar-refractivity contribution in [3.05, 3.63) is 109 Å². The van der Waals surface area contributed by atoms with E-state index in [9.17, 15) is 9.90 Å². The van der Waals surface area contributed by atoms with E-state index in [2.05, 4.69) is 123 Å². The number of ether oxygens (including phenoxy) is 2. The summed E-state index contributed by atoms with van der Waals surface area (Å²) in [5, 5.41) is 9.62. The van der Waals surface area contributed by atoms with Crippen molar-refractivity contribution in [1.82, 2.24) is 0 Å². The number of rotatable bonds is 42. The zero-order chi connectivity index (χ0) is 41.2. The van der Waals surface area contributed by atoms with Crippen molar-refractivity contribution in [3.63, 3.8) is 0 Å². The quantitative estimate of drug-likeness (QED) is 0.0380. The summed E-state index contributed by atoms with van der Waals surface area (Å²) in [6.45, 7) is 5.14. The number of unbranched alkanes of at least 4 members (excludes halogenated alkanes) is 16. The summed E-state index contributed by atoms with van der Waals surface area (Å²) in [6.07, 6.45) is 71.6. The van der Waals surface area contributed by atoms with E-state index < -0.39 is 6.10 Å². The maximum atomic E-state index is 12.2. The van der Waals surface area contributed by atoms with Gasteiger partial charge in [0.2, 0.25) is 0 Å². The number of aliphatic hydroxyl groups excluding tert-OH is 1. The summed E-state index contributed by atoms with van der Waals surface area (Å²) in [5.41, 5.74) is 0. The highest BCUT2D eigenvalue weighted by molar-refractivity contribution is 5.69. The van der Waals surface area contributed by atoms with E-state index in [0.29, 0.717) is 13.0 Å². The summed E-state index contributed by atoms with van der Waals surface area (Å²) < 4.78 is 11.1. The summed E-state index contributed by atoms with van der Waals surface area (Å²) in [6, 6.07) is 0. The van der Waals surface area contributed by atoms with Gasteiger partial charge in [0.1, 0.15) is 6.10 Å². The van der Waals surface area contributed by atoms with Gasteiger partial charge in [-0.25, -0.2) is 0 Å². The molecule has 0 saturated heterocycles. The van der Waals surface area contributed by atoms with Crippen LogP contribution in [-0.4, -0.2) is 37.0 Å². The first kappa shape index (κ1) is 54.0. The summed E-state index contributed by atoms with van der Waals surface area (Å²) in [7, 11) is 0. The van der Waals surface area contributed by atoms with Gasteiger partial charge >= 0.3 is 5.97 Å². The molecule has 4 nitrogen and oxygen atoms in total. The Morgan fingerprint density at radius 1 is 0.439 bits per heavy atom. The molecule has 1 N–H and O–H groups in total. The molecule has 0 bridgehead atoms. The van der Waals surface area contributed by atoms with Crippen LogP contribution in [0, 0.1) is 0 Å². The standard InChI is InChI=1S/C53H88O4/c1-3-5-7-9-11-13-15-17-19-21-23-25-27-28-30-32-34-36-38-40-42-44-46-48-53(55)57-52(50-54)51-56-49-47-45-43-41-39-37-35-33-31-29-26-24-22-20-18-16-14-12-10-8-6-4-2/h5,7,11,13,16-19,22-25,28,30,34,36,40,42,52,54H,3-4,6,8-10,12,14-15,20-21,26-27,29,31-33,35,37-39,41,43-51H2,1-2H3/b7-5-,13-11-,18-16-,19-17-,24-22-,25-23-,30-28-,36-34-,42-40-. The monoisotopic (exact) mass is 789 g/mol. The minimum absolute atomic E-state index is 0.203. The summed E-state index contributed by atoms with van der Waals surface area (Å²) in [5.74, 6) is -0.262. The van der Waals surface area contributed by atoms with Crippen molar-refractivity contribution in [1.29, 1.82) is 0 Å².